The van der Waals surface area contributed by atoms with Crippen LogP contribution >= 0.6 is 0 Å². The van der Waals surface area contributed by atoms with Gasteiger partial charge in [-0.15, -0.1) is 0 Å². The molecule has 0 aliphatic carbocycles. The fourth-order valence-electron chi connectivity index (χ4n) is 2.74. The van der Waals surface area contributed by atoms with Gasteiger partial charge in [-0.05, 0) is 12.1 Å². The molecule has 1 N–H and O–H groups in total. The Bertz CT molecular complexity index is 735. The summed E-state index contributed by atoms with van der Waals surface area (Å²) in [4.78, 5) is 11.8. The average Bonchev–Trinajstić information content (AvgIpc) is 2.67. The number of hydrogen-bond acceptors (Lipinski definition) is 6. The Balaban J connectivity index is 1.88. The number of methoxy groups -OCH3 is 1. The summed E-state index contributed by atoms with van der Waals surface area (Å²) in [6, 6.07) is 5.80. The van der Waals surface area contributed by atoms with Crippen molar-refractivity contribution in [1.82, 2.24) is 15.0 Å². The lowest BCUT2D eigenvalue weighted by Gasteiger charge is -2.36. The molecule has 0 spiro atoms. The minimum absolute atomic E-state index is 0.0795. The highest BCUT2D eigenvalue weighted by Gasteiger charge is 2.35. The Hall–Kier alpha value is -2.26. The van der Waals surface area contributed by atoms with Gasteiger partial charge in [-0.3, -0.25) is 4.98 Å². The van der Waals surface area contributed by atoms with E-state index in [4.69, 9.17) is 9.47 Å². The number of nitrogens with one attached hydrogen (secondary N) is 1. The van der Waals surface area contributed by atoms with Crippen molar-refractivity contribution in [2.24, 2.45) is 0 Å². The van der Waals surface area contributed by atoms with E-state index >= 15 is 0 Å². The first-order valence-electron chi connectivity index (χ1n) is 8.16. The van der Waals surface area contributed by atoms with Gasteiger partial charge in [0.05, 0.1) is 5.60 Å². The highest BCUT2D eigenvalue weighted by atomic mass is 19.4. The maximum Gasteiger partial charge on any atom is 0.433 e. The molecule has 0 atom stereocenters. The van der Waals surface area contributed by atoms with Crippen LogP contribution in [0.5, 0.6) is 0 Å². The molecule has 2 aromatic heterocycles. The van der Waals surface area contributed by atoms with Crippen LogP contribution in [-0.2, 0) is 15.7 Å². The number of halogens is 3. The lowest BCUT2D eigenvalue weighted by Crippen LogP contribution is -2.44. The van der Waals surface area contributed by atoms with Gasteiger partial charge in [-0.25, -0.2) is 9.97 Å². The highest BCUT2D eigenvalue weighted by Crippen LogP contribution is 2.31. The number of ether oxygens (including phenoxy) is 2. The fourth-order valence-corrected chi connectivity index (χ4v) is 2.74. The van der Waals surface area contributed by atoms with E-state index in [1.54, 1.807) is 25.3 Å². The van der Waals surface area contributed by atoms with Crippen LogP contribution in [0.2, 0.25) is 0 Å². The molecule has 9 heteroatoms. The van der Waals surface area contributed by atoms with Gasteiger partial charge < -0.3 is 14.8 Å². The Kier molecular flexibility index (Phi) is 5.38. The molecule has 26 heavy (non-hydrogen) atoms. The third-order valence-corrected chi connectivity index (χ3v) is 4.34. The van der Waals surface area contributed by atoms with Crippen molar-refractivity contribution in [3.05, 3.63) is 36.2 Å². The van der Waals surface area contributed by atoms with Gasteiger partial charge in [0, 0.05) is 52.0 Å². The molecule has 2 aromatic rings. The van der Waals surface area contributed by atoms with E-state index in [2.05, 4.69) is 20.3 Å². The van der Waals surface area contributed by atoms with E-state index < -0.39 is 17.5 Å². The third-order valence-electron chi connectivity index (χ3n) is 4.34. The minimum atomic E-state index is -4.58. The van der Waals surface area contributed by atoms with Gasteiger partial charge in [-0.1, -0.05) is 6.07 Å². The SMILES string of the molecule is COC1(CNc2cc(C(F)(F)F)nc(-c3ccccn3)n2)CCOCC1. The topological polar surface area (TPSA) is 69.2 Å². The standard InChI is InChI=1S/C17H19F3N4O2/c1-25-16(5-8-26-9-6-16)11-22-14-10-13(17(18,19)20)23-15(24-14)12-4-2-3-7-21-12/h2-4,7,10H,5-6,8-9,11H2,1H3,(H,22,23,24). The van der Waals surface area contributed by atoms with Gasteiger partial charge in [0.15, 0.2) is 11.5 Å². The summed E-state index contributed by atoms with van der Waals surface area (Å²) in [5.41, 5.74) is -1.24. The van der Waals surface area contributed by atoms with Gasteiger partial charge in [0.25, 0.3) is 0 Å². The smallest absolute Gasteiger partial charge is 0.381 e. The van der Waals surface area contributed by atoms with E-state index in [9.17, 15) is 13.2 Å². The predicted molar refractivity (Wildman–Crippen MR) is 88.5 cm³/mol. The van der Waals surface area contributed by atoms with Crippen LogP contribution in [0.15, 0.2) is 30.5 Å². The Labute approximate surface area is 148 Å². The predicted octanol–water partition coefficient (Wildman–Crippen LogP) is 3.16. The van der Waals surface area contributed by atoms with Gasteiger partial charge in [0.1, 0.15) is 11.5 Å². The van der Waals surface area contributed by atoms with Crippen LogP contribution < -0.4 is 5.32 Å². The molecule has 0 aromatic carbocycles. The molecule has 6 nitrogen and oxygen atoms in total. The second-order valence-electron chi connectivity index (χ2n) is 6.03. The number of rotatable bonds is 5. The van der Waals surface area contributed by atoms with Gasteiger partial charge >= 0.3 is 6.18 Å². The summed E-state index contributed by atoms with van der Waals surface area (Å²) >= 11 is 0. The maximum absolute atomic E-state index is 13.2. The molecule has 3 rings (SSSR count). The van der Waals surface area contributed by atoms with Crippen molar-refractivity contribution in [2.75, 3.05) is 32.2 Å². The van der Waals surface area contributed by atoms with Crippen LogP contribution in [0, 0.1) is 0 Å². The number of hydrogen-bond donors (Lipinski definition) is 1. The van der Waals surface area contributed by atoms with Gasteiger partial charge in [-0.2, -0.15) is 13.2 Å². The first-order valence-corrected chi connectivity index (χ1v) is 8.16. The molecule has 1 aliphatic rings. The monoisotopic (exact) mass is 368 g/mol. The molecular formula is C17H19F3N4O2. The molecule has 0 amide bonds. The summed E-state index contributed by atoms with van der Waals surface area (Å²) < 4.78 is 50.6. The Morgan fingerprint density at radius 3 is 2.62 bits per heavy atom. The molecule has 0 bridgehead atoms. The zero-order valence-electron chi connectivity index (χ0n) is 14.2. The minimum Gasteiger partial charge on any atom is -0.381 e. The number of nitrogens with zero attached hydrogens (tertiary/aromatic N) is 3. The quantitative estimate of drug-likeness (QED) is 0.874. The largest absolute Gasteiger partial charge is 0.433 e. The van der Waals surface area contributed by atoms with E-state index in [0.717, 1.165) is 6.07 Å². The van der Waals surface area contributed by atoms with Crippen LogP contribution in [0.4, 0.5) is 19.0 Å². The molecule has 0 saturated carbocycles. The van der Waals surface area contributed by atoms with E-state index in [-0.39, 0.29) is 17.3 Å². The van der Waals surface area contributed by atoms with E-state index in [1.807, 2.05) is 0 Å². The van der Waals surface area contributed by atoms with Gasteiger partial charge in [0.2, 0.25) is 0 Å². The van der Waals surface area contributed by atoms with Crippen molar-refractivity contribution < 1.29 is 22.6 Å². The van der Waals surface area contributed by atoms with Crippen molar-refractivity contribution >= 4 is 5.82 Å². The summed E-state index contributed by atoms with van der Waals surface area (Å²) in [6.45, 7) is 1.42. The van der Waals surface area contributed by atoms with Crippen LogP contribution in [0.3, 0.4) is 0 Å². The third kappa shape index (κ3) is 4.28. The first kappa shape index (κ1) is 18.5. The van der Waals surface area contributed by atoms with Crippen molar-refractivity contribution in [2.45, 2.75) is 24.6 Å². The summed E-state index contributed by atoms with van der Waals surface area (Å²) in [5.74, 6) is -0.00253. The summed E-state index contributed by atoms with van der Waals surface area (Å²) in [5, 5.41) is 2.97. The molecule has 3 heterocycles. The van der Waals surface area contributed by atoms with Crippen molar-refractivity contribution in [3.63, 3.8) is 0 Å². The van der Waals surface area contributed by atoms with E-state index in [1.165, 1.54) is 6.20 Å². The van der Waals surface area contributed by atoms with Crippen molar-refractivity contribution in [1.29, 1.82) is 0 Å². The van der Waals surface area contributed by atoms with Crippen LogP contribution in [0.1, 0.15) is 18.5 Å². The number of aromatic nitrogens is 3. The maximum atomic E-state index is 13.2. The summed E-state index contributed by atoms with van der Waals surface area (Å²) in [6.07, 6.45) is -1.80. The molecular weight excluding hydrogens is 349 g/mol. The number of pyridine rings is 1. The number of alkyl halides is 3. The highest BCUT2D eigenvalue weighted by molar-refractivity contribution is 5.53. The summed E-state index contributed by atoms with van der Waals surface area (Å²) in [7, 11) is 1.59. The van der Waals surface area contributed by atoms with Crippen molar-refractivity contribution in [3.8, 4) is 11.5 Å². The Morgan fingerprint density at radius 2 is 2.00 bits per heavy atom. The van der Waals surface area contributed by atoms with E-state index in [0.29, 0.717) is 32.6 Å². The van der Waals surface area contributed by atoms with Crippen LogP contribution in [-0.4, -0.2) is 47.4 Å². The molecule has 0 unspecified atom stereocenters. The zero-order chi connectivity index (χ0) is 18.6. The lowest BCUT2D eigenvalue weighted by molar-refractivity contribution is -0.141. The molecule has 0 radical (unpaired) electrons. The first-order chi connectivity index (χ1) is 12.4. The lowest BCUT2D eigenvalue weighted by atomic mass is 9.94. The molecule has 1 aliphatic heterocycles. The fraction of sp³-hybridized carbons (Fsp3) is 0.471. The molecule has 1 fully saturated rings. The zero-order valence-corrected chi connectivity index (χ0v) is 14.2. The second-order valence-corrected chi connectivity index (χ2v) is 6.03. The van der Waals surface area contributed by atoms with Crippen LogP contribution in [0.25, 0.3) is 11.5 Å². The molecule has 140 valence electrons. The number of anilines is 1. The normalized spacial score (nSPS) is 17.1. The molecule has 1 saturated heterocycles. The second kappa shape index (κ2) is 7.55. The average molecular weight is 368 g/mol. The Morgan fingerprint density at radius 1 is 1.23 bits per heavy atom.